The Bertz CT molecular complexity index is 490. The van der Waals surface area contributed by atoms with Crippen LogP contribution in [0.15, 0.2) is 30.8 Å². The molecule has 0 saturated carbocycles. The molecule has 104 valence electrons. The summed E-state index contributed by atoms with van der Waals surface area (Å²) in [6.07, 6.45) is 0. The largest absolute Gasteiger partial charge is 0.456 e. The Morgan fingerprint density at radius 1 is 1.21 bits per heavy atom. The zero-order chi connectivity index (χ0) is 14.8. The normalized spacial score (nSPS) is 12.1. The van der Waals surface area contributed by atoms with Gasteiger partial charge in [-0.05, 0) is 26.3 Å². The zero-order valence-electron chi connectivity index (χ0n) is 12.8. The Morgan fingerprint density at radius 3 is 2.26 bits per heavy atom. The van der Waals surface area contributed by atoms with Gasteiger partial charge in [0.15, 0.2) is 0 Å². The maximum Gasteiger partial charge on any atom is 0.338 e. The summed E-state index contributed by atoms with van der Waals surface area (Å²) >= 11 is 0. The fourth-order valence-electron chi connectivity index (χ4n) is 1.63. The van der Waals surface area contributed by atoms with Crippen LogP contribution in [0.5, 0.6) is 0 Å². The van der Waals surface area contributed by atoms with Crippen molar-refractivity contribution in [3.8, 4) is 0 Å². The summed E-state index contributed by atoms with van der Waals surface area (Å²) < 4.78 is 5.35. The van der Waals surface area contributed by atoms with E-state index in [1.807, 2.05) is 32.9 Å². The predicted octanol–water partition coefficient (Wildman–Crippen LogP) is 3.59. The van der Waals surface area contributed by atoms with Crippen LogP contribution < -0.4 is 5.19 Å². The third-order valence-electron chi connectivity index (χ3n) is 2.72. The first-order valence-electron chi connectivity index (χ1n) is 6.54. The molecule has 0 aliphatic carbocycles. The Labute approximate surface area is 117 Å². The second-order valence-corrected chi connectivity index (χ2v) is 11.9. The van der Waals surface area contributed by atoms with Gasteiger partial charge in [0.2, 0.25) is 0 Å². The molecule has 0 aromatic heterocycles. The van der Waals surface area contributed by atoms with E-state index in [-0.39, 0.29) is 5.97 Å². The van der Waals surface area contributed by atoms with Crippen molar-refractivity contribution in [3.05, 3.63) is 36.4 Å². The lowest BCUT2D eigenvalue weighted by Crippen LogP contribution is -2.37. The van der Waals surface area contributed by atoms with Crippen LogP contribution in [0.25, 0.3) is 5.57 Å². The molecule has 0 spiro atoms. The number of hydrogen-bond donors (Lipinski definition) is 0. The first-order valence-corrected chi connectivity index (χ1v) is 10.0. The molecule has 0 aliphatic rings. The van der Waals surface area contributed by atoms with Crippen molar-refractivity contribution in [3.63, 3.8) is 0 Å². The number of esters is 1. The highest BCUT2D eigenvalue weighted by atomic mass is 28.3. The van der Waals surface area contributed by atoms with E-state index in [0.29, 0.717) is 5.57 Å². The van der Waals surface area contributed by atoms with Gasteiger partial charge in [-0.3, -0.25) is 0 Å². The summed E-state index contributed by atoms with van der Waals surface area (Å²) in [5.74, 6) is -0.347. The molecule has 0 N–H and O–H groups in total. The predicted molar refractivity (Wildman–Crippen MR) is 84.3 cm³/mol. The lowest BCUT2D eigenvalue weighted by molar-refractivity contribution is -0.147. The summed E-state index contributed by atoms with van der Waals surface area (Å²) in [5.41, 5.74) is 0.792. The minimum absolute atomic E-state index is 0.347. The Balaban J connectivity index is 2.98. The van der Waals surface area contributed by atoms with Crippen LogP contribution >= 0.6 is 0 Å². The van der Waals surface area contributed by atoms with Gasteiger partial charge in [0.25, 0.3) is 0 Å². The van der Waals surface area contributed by atoms with Crippen LogP contribution in [0.4, 0.5) is 0 Å². The van der Waals surface area contributed by atoms with Crippen molar-refractivity contribution in [2.45, 2.75) is 46.0 Å². The summed E-state index contributed by atoms with van der Waals surface area (Å²) in [6, 6.07) is 8.09. The van der Waals surface area contributed by atoms with E-state index in [2.05, 4.69) is 38.4 Å². The molecule has 1 rings (SSSR count). The number of hydrogen-bond acceptors (Lipinski definition) is 2. The summed E-state index contributed by atoms with van der Waals surface area (Å²) in [4.78, 5) is 12.0. The van der Waals surface area contributed by atoms with Crippen LogP contribution in [-0.2, 0) is 9.53 Å². The summed E-state index contributed by atoms with van der Waals surface area (Å²) in [6.45, 7) is 16.3. The van der Waals surface area contributed by atoms with E-state index in [9.17, 15) is 4.79 Å². The number of benzene rings is 1. The fourth-order valence-corrected chi connectivity index (χ4v) is 2.82. The molecule has 0 aliphatic heterocycles. The zero-order valence-corrected chi connectivity index (χ0v) is 13.8. The van der Waals surface area contributed by atoms with Crippen LogP contribution in [0.1, 0.15) is 26.3 Å². The molecule has 0 saturated heterocycles. The smallest absolute Gasteiger partial charge is 0.338 e. The Morgan fingerprint density at radius 2 is 1.79 bits per heavy atom. The number of ether oxygens (including phenoxy) is 1. The summed E-state index contributed by atoms with van der Waals surface area (Å²) in [7, 11) is -1.39. The number of carbonyl (C=O) groups excluding carboxylic acids is 1. The maximum absolute atomic E-state index is 12.0. The molecule has 1 aromatic rings. The van der Waals surface area contributed by atoms with Crippen molar-refractivity contribution in [1.29, 1.82) is 0 Å². The molecular weight excluding hydrogens is 252 g/mol. The molecule has 0 atom stereocenters. The van der Waals surface area contributed by atoms with Crippen molar-refractivity contribution >= 4 is 24.8 Å². The van der Waals surface area contributed by atoms with E-state index in [1.165, 1.54) is 5.19 Å². The lowest BCUT2D eigenvalue weighted by atomic mass is 10.1. The van der Waals surface area contributed by atoms with Gasteiger partial charge < -0.3 is 4.74 Å². The molecule has 0 bridgehead atoms. The molecule has 0 amide bonds. The van der Waals surface area contributed by atoms with Gasteiger partial charge in [-0.25, -0.2) is 4.79 Å². The highest BCUT2D eigenvalue weighted by molar-refractivity contribution is 6.88. The maximum atomic E-state index is 12.0. The Hall–Kier alpha value is -1.35. The second kappa shape index (κ2) is 5.33. The van der Waals surface area contributed by atoms with Gasteiger partial charge in [-0.1, -0.05) is 55.7 Å². The minimum Gasteiger partial charge on any atom is -0.456 e. The van der Waals surface area contributed by atoms with E-state index in [1.54, 1.807) is 0 Å². The SMILES string of the molecule is C=C(C(=O)OC(C)(C)C)c1cccc([Si](C)(C)C)c1. The topological polar surface area (TPSA) is 26.3 Å². The molecule has 0 fully saturated rings. The molecule has 1 aromatic carbocycles. The van der Waals surface area contributed by atoms with Gasteiger partial charge >= 0.3 is 5.97 Å². The van der Waals surface area contributed by atoms with Gasteiger partial charge in [-0.2, -0.15) is 0 Å². The highest BCUT2D eigenvalue weighted by Crippen LogP contribution is 2.18. The number of carbonyl (C=O) groups is 1. The van der Waals surface area contributed by atoms with E-state index in [0.717, 1.165) is 5.56 Å². The third kappa shape index (κ3) is 4.67. The monoisotopic (exact) mass is 276 g/mol. The van der Waals surface area contributed by atoms with Crippen LogP contribution in [0.3, 0.4) is 0 Å². The Kier molecular flexibility index (Phi) is 4.41. The van der Waals surface area contributed by atoms with Crippen LogP contribution in [0.2, 0.25) is 19.6 Å². The quantitative estimate of drug-likeness (QED) is 0.479. The second-order valence-electron chi connectivity index (χ2n) is 6.81. The van der Waals surface area contributed by atoms with Crippen molar-refractivity contribution < 1.29 is 9.53 Å². The van der Waals surface area contributed by atoms with E-state index < -0.39 is 13.7 Å². The van der Waals surface area contributed by atoms with Gasteiger partial charge in [0.1, 0.15) is 5.60 Å². The molecular formula is C16H24O2Si. The van der Waals surface area contributed by atoms with Gasteiger partial charge in [-0.15, -0.1) is 0 Å². The first-order chi connectivity index (χ1) is 8.50. The molecule has 0 unspecified atom stereocenters. The molecule has 2 nitrogen and oxygen atoms in total. The highest BCUT2D eigenvalue weighted by Gasteiger charge is 2.21. The minimum atomic E-state index is -1.39. The van der Waals surface area contributed by atoms with Crippen LogP contribution in [-0.4, -0.2) is 19.6 Å². The van der Waals surface area contributed by atoms with Crippen molar-refractivity contribution in [1.82, 2.24) is 0 Å². The van der Waals surface area contributed by atoms with E-state index in [4.69, 9.17) is 4.74 Å². The van der Waals surface area contributed by atoms with Gasteiger partial charge in [0, 0.05) is 0 Å². The van der Waals surface area contributed by atoms with Gasteiger partial charge in [0.05, 0.1) is 13.6 Å². The number of rotatable bonds is 3. The average Bonchev–Trinajstić information content (AvgIpc) is 2.24. The first kappa shape index (κ1) is 15.7. The molecule has 0 radical (unpaired) electrons. The lowest BCUT2D eigenvalue weighted by Gasteiger charge is -2.21. The molecule has 19 heavy (non-hydrogen) atoms. The summed E-state index contributed by atoms with van der Waals surface area (Å²) in [5, 5.41) is 1.31. The van der Waals surface area contributed by atoms with Crippen molar-refractivity contribution in [2.24, 2.45) is 0 Å². The third-order valence-corrected chi connectivity index (χ3v) is 4.77. The molecule has 0 heterocycles. The average molecular weight is 276 g/mol. The van der Waals surface area contributed by atoms with E-state index >= 15 is 0 Å². The molecule has 3 heteroatoms. The fraction of sp³-hybridized carbons (Fsp3) is 0.438. The van der Waals surface area contributed by atoms with Crippen LogP contribution in [0, 0.1) is 0 Å². The standard InChI is InChI=1S/C16H24O2Si/c1-12(15(17)18-16(2,3)4)13-9-8-10-14(11-13)19(5,6)7/h8-11H,1H2,2-7H3. The van der Waals surface area contributed by atoms with Crippen molar-refractivity contribution in [2.75, 3.05) is 0 Å².